The highest BCUT2D eigenvalue weighted by molar-refractivity contribution is 5.84. The molecule has 0 radical (unpaired) electrons. The molecule has 0 heterocycles. The van der Waals surface area contributed by atoms with E-state index in [2.05, 4.69) is 5.32 Å². The molecule has 1 atom stereocenters. The van der Waals surface area contributed by atoms with Crippen LogP contribution in [0.4, 0.5) is 0 Å². The van der Waals surface area contributed by atoms with Gasteiger partial charge in [-0.2, -0.15) is 0 Å². The number of amides is 1. The summed E-state index contributed by atoms with van der Waals surface area (Å²) in [5.41, 5.74) is -0.816. The molecule has 1 amide bonds. The zero-order valence-electron chi connectivity index (χ0n) is 9.50. The molecule has 0 aliphatic carbocycles. The van der Waals surface area contributed by atoms with Gasteiger partial charge in [-0.05, 0) is 19.8 Å². The quantitative estimate of drug-likeness (QED) is 0.618. The first kappa shape index (κ1) is 13.9. The van der Waals surface area contributed by atoms with Gasteiger partial charge >= 0.3 is 5.97 Å². The van der Waals surface area contributed by atoms with E-state index in [0.717, 1.165) is 0 Å². The lowest BCUT2D eigenvalue weighted by Gasteiger charge is -2.25. The Hall–Kier alpha value is -1.10. The van der Waals surface area contributed by atoms with E-state index in [1.165, 1.54) is 7.11 Å². The first-order valence-electron chi connectivity index (χ1n) is 5.01. The molecule has 0 aliphatic heterocycles. The highest BCUT2D eigenvalue weighted by Crippen LogP contribution is 2.13. The maximum Gasteiger partial charge on any atom is 0.303 e. The lowest BCUT2D eigenvalue weighted by molar-refractivity contribution is -0.142. The molecule has 2 N–H and O–H groups in total. The Morgan fingerprint density at radius 2 is 2.07 bits per heavy atom. The van der Waals surface area contributed by atoms with E-state index in [9.17, 15) is 9.59 Å². The van der Waals surface area contributed by atoms with Gasteiger partial charge in [0.25, 0.3) is 5.91 Å². The fourth-order valence-electron chi connectivity index (χ4n) is 1.03. The lowest BCUT2D eigenvalue weighted by atomic mass is 10.0. The van der Waals surface area contributed by atoms with E-state index < -0.39 is 11.6 Å². The van der Waals surface area contributed by atoms with Gasteiger partial charge in [-0.3, -0.25) is 9.59 Å². The van der Waals surface area contributed by atoms with E-state index >= 15 is 0 Å². The van der Waals surface area contributed by atoms with Crippen molar-refractivity contribution in [2.75, 3.05) is 13.7 Å². The number of rotatable bonds is 7. The molecule has 0 bridgehead atoms. The van der Waals surface area contributed by atoms with Crippen molar-refractivity contribution in [3.8, 4) is 0 Å². The van der Waals surface area contributed by atoms with Gasteiger partial charge in [0.2, 0.25) is 0 Å². The maximum absolute atomic E-state index is 11.6. The number of carboxylic acid groups (broad SMARTS) is 1. The SMILES string of the molecule is CCC(C)(OC)C(=O)NCCCC(=O)O. The van der Waals surface area contributed by atoms with Crippen LogP contribution in [0.2, 0.25) is 0 Å². The van der Waals surface area contributed by atoms with Crippen molar-refractivity contribution >= 4 is 11.9 Å². The molecule has 0 spiro atoms. The third kappa shape index (κ3) is 4.78. The third-order valence-corrected chi connectivity index (χ3v) is 2.46. The molecule has 0 aromatic rings. The Balaban J connectivity index is 3.87. The highest BCUT2D eigenvalue weighted by Gasteiger charge is 2.30. The Labute approximate surface area is 89.8 Å². The van der Waals surface area contributed by atoms with Gasteiger partial charge in [0, 0.05) is 20.1 Å². The highest BCUT2D eigenvalue weighted by atomic mass is 16.5. The molecule has 88 valence electrons. The van der Waals surface area contributed by atoms with Crippen LogP contribution >= 0.6 is 0 Å². The van der Waals surface area contributed by atoms with Gasteiger partial charge in [0.15, 0.2) is 0 Å². The molecular weight excluding hydrogens is 198 g/mol. The summed E-state index contributed by atoms with van der Waals surface area (Å²) >= 11 is 0. The smallest absolute Gasteiger partial charge is 0.303 e. The van der Waals surface area contributed by atoms with Crippen LogP contribution in [0.5, 0.6) is 0 Å². The Morgan fingerprint density at radius 1 is 1.47 bits per heavy atom. The fourth-order valence-corrected chi connectivity index (χ4v) is 1.03. The lowest BCUT2D eigenvalue weighted by Crippen LogP contribution is -2.45. The number of nitrogens with one attached hydrogen (secondary N) is 1. The largest absolute Gasteiger partial charge is 0.481 e. The normalized spacial score (nSPS) is 14.3. The minimum absolute atomic E-state index is 0.0656. The molecule has 0 saturated heterocycles. The molecule has 0 saturated carbocycles. The zero-order valence-corrected chi connectivity index (χ0v) is 9.50. The van der Waals surface area contributed by atoms with Gasteiger partial charge in [0.1, 0.15) is 5.60 Å². The van der Waals surface area contributed by atoms with Gasteiger partial charge < -0.3 is 15.2 Å². The number of carbonyl (C=O) groups is 2. The zero-order chi connectivity index (χ0) is 11.9. The van der Waals surface area contributed by atoms with Gasteiger partial charge in [-0.15, -0.1) is 0 Å². The van der Waals surface area contributed by atoms with Crippen molar-refractivity contribution in [1.82, 2.24) is 5.32 Å². The molecule has 0 aliphatic rings. The first-order valence-corrected chi connectivity index (χ1v) is 5.01. The molecule has 0 fully saturated rings. The van der Waals surface area contributed by atoms with Crippen LogP contribution < -0.4 is 5.32 Å². The van der Waals surface area contributed by atoms with Crippen LogP contribution in [0, 0.1) is 0 Å². The fraction of sp³-hybridized carbons (Fsp3) is 0.800. The van der Waals surface area contributed by atoms with Gasteiger partial charge in [0.05, 0.1) is 0 Å². The third-order valence-electron chi connectivity index (χ3n) is 2.46. The van der Waals surface area contributed by atoms with Crippen LogP contribution in [0.25, 0.3) is 0 Å². The summed E-state index contributed by atoms with van der Waals surface area (Å²) in [4.78, 5) is 21.8. The van der Waals surface area contributed by atoms with Crippen molar-refractivity contribution in [2.45, 2.75) is 38.7 Å². The van der Waals surface area contributed by atoms with E-state index in [0.29, 0.717) is 19.4 Å². The van der Waals surface area contributed by atoms with Gasteiger partial charge in [-0.25, -0.2) is 0 Å². The Kier molecular flexibility index (Phi) is 5.93. The van der Waals surface area contributed by atoms with Crippen molar-refractivity contribution in [3.05, 3.63) is 0 Å². The van der Waals surface area contributed by atoms with Crippen LogP contribution in [0.1, 0.15) is 33.1 Å². The number of methoxy groups -OCH3 is 1. The van der Waals surface area contributed by atoms with Crippen molar-refractivity contribution in [2.24, 2.45) is 0 Å². The molecule has 0 aromatic carbocycles. The first-order chi connectivity index (χ1) is 6.96. The van der Waals surface area contributed by atoms with E-state index in [4.69, 9.17) is 9.84 Å². The van der Waals surface area contributed by atoms with E-state index in [1.54, 1.807) is 6.92 Å². The monoisotopic (exact) mass is 217 g/mol. The number of aliphatic carboxylic acids is 1. The van der Waals surface area contributed by atoms with E-state index in [-0.39, 0.29) is 12.3 Å². The van der Waals surface area contributed by atoms with Crippen LogP contribution in [-0.4, -0.2) is 36.2 Å². The molecule has 0 rings (SSSR count). The minimum Gasteiger partial charge on any atom is -0.481 e. The number of hydrogen-bond acceptors (Lipinski definition) is 3. The number of hydrogen-bond donors (Lipinski definition) is 2. The predicted molar refractivity (Wildman–Crippen MR) is 55.6 cm³/mol. The Bertz CT molecular complexity index is 223. The average molecular weight is 217 g/mol. The number of carbonyl (C=O) groups excluding carboxylic acids is 1. The summed E-state index contributed by atoms with van der Waals surface area (Å²) in [6, 6.07) is 0. The molecule has 5 nitrogen and oxygen atoms in total. The molecule has 15 heavy (non-hydrogen) atoms. The summed E-state index contributed by atoms with van der Waals surface area (Å²) in [7, 11) is 1.49. The average Bonchev–Trinajstić information content (AvgIpc) is 2.22. The van der Waals surface area contributed by atoms with Crippen LogP contribution in [0.15, 0.2) is 0 Å². The second-order valence-electron chi connectivity index (χ2n) is 3.54. The van der Waals surface area contributed by atoms with Crippen molar-refractivity contribution < 1.29 is 19.4 Å². The molecule has 1 unspecified atom stereocenters. The summed E-state index contributed by atoms with van der Waals surface area (Å²) < 4.78 is 5.10. The second kappa shape index (κ2) is 6.40. The summed E-state index contributed by atoms with van der Waals surface area (Å²) in [5, 5.41) is 11.0. The number of ether oxygens (including phenoxy) is 1. The van der Waals surface area contributed by atoms with Gasteiger partial charge in [-0.1, -0.05) is 6.92 Å². The second-order valence-corrected chi connectivity index (χ2v) is 3.54. The molecule has 5 heteroatoms. The van der Waals surface area contributed by atoms with Crippen molar-refractivity contribution in [3.63, 3.8) is 0 Å². The van der Waals surface area contributed by atoms with E-state index in [1.807, 2.05) is 6.92 Å². The number of carboxylic acids is 1. The molecular formula is C10H19NO4. The summed E-state index contributed by atoms with van der Waals surface area (Å²) in [5.74, 6) is -1.05. The predicted octanol–water partition coefficient (Wildman–Crippen LogP) is 0.782. The minimum atomic E-state index is -0.853. The summed E-state index contributed by atoms with van der Waals surface area (Å²) in [6.07, 6.45) is 1.08. The standard InChI is InChI=1S/C10H19NO4/c1-4-10(2,15-3)9(14)11-7-5-6-8(12)13/h4-7H2,1-3H3,(H,11,14)(H,12,13). The van der Waals surface area contributed by atoms with Crippen LogP contribution in [0.3, 0.4) is 0 Å². The molecule has 0 aromatic heterocycles. The topological polar surface area (TPSA) is 75.6 Å². The van der Waals surface area contributed by atoms with Crippen LogP contribution in [-0.2, 0) is 14.3 Å². The summed E-state index contributed by atoms with van der Waals surface area (Å²) in [6.45, 7) is 3.93. The maximum atomic E-state index is 11.6. The Morgan fingerprint density at radius 3 is 2.47 bits per heavy atom. The van der Waals surface area contributed by atoms with Crippen molar-refractivity contribution in [1.29, 1.82) is 0 Å².